The van der Waals surface area contributed by atoms with Gasteiger partial charge in [-0.05, 0) is 36.3 Å². The van der Waals surface area contributed by atoms with Gasteiger partial charge in [-0.1, -0.05) is 74.5 Å². The van der Waals surface area contributed by atoms with Gasteiger partial charge < -0.3 is 20.2 Å². The van der Waals surface area contributed by atoms with Crippen LogP contribution in [0.4, 0.5) is 4.79 Å². The Bertz CT molecular complexity index is 793. The van der Waals surface area contributed by atoms with Crippen LogP contribution in [-0.2, 0) is 27.4 Å². The van der Waals surface area contributed by atoms with Crippen molar-refractivity contribution in [2.75, 3.05) is 0 Å². The van der Waals surface area contributed by atoms with E-state index in [0.29, 0.717) is 19.3 Å². The summed E-state index contributed by atoms with van der Waals surface area (Å²) in [5.74, 6) is -0.209. The fourth-order valence-electron chi connectivity index (χ4n) is 3.03. The average molecular weight is 411 g/mol. The standard InChI is InChI=1S/C24H30N2O4/c1-18(2)15-22(26-24(29)30-17-20-11-7-4-8-12-20)23(28)25-21(16-27)14-13-19-9-5-3-6-10-19/h3-12,16,18,21-22H,13-15,17H2,1-2H3,(H,25,28)(H,26,29). The summed E-state index contributed by atoms with van der Waals surface area (Å²) < 4.78 is 5.23. The van der Waals surface area contributed by atoms with Gasteiger partial charge in [-0.2, -0.15) is 0 Å². The van der Waals surface area contributed by atoms with E-state index in [1.807, 2.05) is 74.5 Å². The van der Waals surface area contributed by atoms with Crippen LogP contribution in [0, 0.1) is 5.92 Å². The molecule has 0 heterocycles. The first-order valence-corrected chi connectivity index (χ1v) is 10.2. The largest absolute Gasteiger partial charge is 0.445 e. The minimum Gasteiger partial charge on any atom is -0.445 e. The first-order valence-electron chi connectivity index (χ1n) is 10.2. The van der Waals surface area contributed by atoms with E-state index in [0.717, 1.165) is 17.4 Å². The smallest absolute Gasteiger partial charge is 0.408 e. The Labute approximate surface area is 178 Å². The van der Waals surface area contributed by atoms with Crippen molar-refractivity contribution in [3.63, 3.8) is 0 Å². The number of aldehydes is 1. The number of rotatable bonds is 11. The second-order valence-corrected chi connectivity index (χ2v) is 7.66. The van der Waals surface area contributed by atoms with Gasteiger partial charge >= 0.3 is 6.09 Å². The molecule has 160 valence electrons. The zero-order valence-electron chi connectivity index (χ0n) is 17.5. The summed E-state index contributed by atoms with van der Waals surface area (Å²) >= 11 is 0. The van der Waals surface area contributed by atoms with E-state index in [1.165, 1.54) is 0 Å². The second-order valence-electron chi connectivity index (χ2n) is 7.66. The quantitative estimate of drug-likeness (QED) is 0.554. The third kappa shape index (κ3) is 8.47. The normalized spacial score (nSPS) is 12.6. The maximum atomic E-state index is 12.7. The predicted octanol–water partition coefficient (Wildman–Crippen LogP) is 3.64. The Kier molecular flexibility index (Phi) is 9.58. The first-order chi connectivity index (χ1) is 14.5. The Balaban J connectivity index is 1.89. The van der Waals surface area contributed by atoms with Crippen LogP contribution in [0.15, 0.2) is 60.7 Å². The second kappa shape index (κ2) is 12.4. The maximum Gasteiger partial charge on any atom is 0.408 e. The van der Waals surface area contributed by atoms with Gasteiger partial charge in [0.1, 0.15) is 18.9 Å². The molecule has 0 bridgehead atoms. The molecule has 2 rings (SSSR count). The molecule has 2 unspecified atom stereocenters. The summed E-state index contributed by atoms with van der Waals surface area (Å²) in [6.07, 6.45) is 1.68. The molecule has 0 fully saturated rings. The number of alkyl carbamates (subject to hydrolysis) is 1. The lowest BCUT2D eigenvalue weighted by Gasteiger charge is -2.22. The van der Waals surface area contributed by atoms with Crippen molar-refractivity contribution >= 4 is 18.3 Å². The molecular weight excluding hydrogens is 380 g/mol. The fourth-order valence-corrected chi connectivity index (χ4v) is 3.03. The summed E-state index contributed by atoms with van der Waals surface area (Å²) in [5, 5.41) is 5.38. The summed E-state index contributed by atoms with van der Waals surface area (Å²) in [7, 11) is 0. The molecule has 0 aliphatic heterocycles. The minimum atomic E-state index is -0.771. The number of hydrogen-bond donors (Lipinski definition) is 2. The predicted molar refractivity (Wildman–Crippen MR) is 116 cm³/mol. The van der Waals surface area contributed by atoms with Crippen molar-refractivity contribution in [2.24, 2.45) is 5.92 Å². The van der Waals surface area contributed by atoms with Crippen LogP contribution in [-0.4, -0.2) is 30.4 Å². The molecule has 0 aliphatic carbocycles. The van der Waals surface area contributed by atoms with E-state index in [1.54, 1.807) is 0 Å². The SMILES string of the molecule is CC(C)CC(NC(=O)OCc1ccccc1)C(=O)NC(C=O)CCc1ccccc1. The number of amides is 2. The Morgan fingerprint density at radius 1 is 0.933 bits per heavy atom. The van der Waals surface area contributed by atoms with Crippen molar-refractivity contribution in [1.82, 2.24) is 10.6 Å². The number of hydrogen-bond acceptors (Lipinski definition) is 4. The highest BCUT2D eigenvalue weighted by Crippen LogP contribution is 2.08. The van der Waals surface area contributed by atoms with Gasteiger partial charge in [-0.3, -0.25) is 4.79 Å². The molecule has 2 N–H and O–H groups in total. The summed E-state index contributed by atoms with van der Waals surface area (Å²) in [5.41, 5.74) is 1.96. The molecule has 6 heteroatoms. The van der Waals surface area contributed by atoms with Crippen molar-refractivity contribution < 1.29 is 19.1 Å². The summed E-state index contributed by atoms with van der Waals surface area (Å²) in [6, 6.07) is 17.7. The van der Waals surface area contributed by atoms with Gasteiger partial charge in [-0.25, -0.2) is 4.79 Å². The lowest BCUT2D eigenvalue weighted by atomic mass is 10.0. The fraction of sp³-hybridized carbons (Fsp3) is 0.375. The van der Waals surface area contributed by atoms with Crippen LogP contribution >= 0.6 is 0 Å². The zero-order valence-corrected chi connectivity index (χ0v) is 17.5. The highest BCUT2D eigenvalue weighted by atomic mass is 16.5. The van der Waals surface area contributed by atoms with Gasteiger partial charge in [0.15, 0.2) is 0 Å². The van der Waals surface area contributed by atoms with Gasteiger partial charge in [-0.15, -0.1) is 0 Å². The van der Waals surface area contributed by atoms with Gasteiger partial charge in [0.05, 0.1) is 6.04 Å². The molecule has 2 aromatic carbocycles. The van der Waals surface area contributed by atoms with Crippen molar-refractivity contribution in [1.29, 1.82) is 0 Å². The first kappa shape index (κ1) is 23.1. The molecule has 2 atom stereocenters. The Morgan fingerprint density at radius 3 is 2.10 bits per heavy atom. The number of carbonyl (C=O) groups excluding carboxylic acids is 3. The van der Waals surface area contributed by atoms with Crippen molar-refractivity contribution in [3.8, 4) is 0 Å². The molecule has 0 saturated heterocycles. The summed E-state index contributed by atoms with van der Waals surface area (Å²) in [4.78, 5) is 36.4. The zero-order chi connectivity index (χ0) is 21.8. The molecule has 2 aromatic rings. The third-order valence-corrected chi connectivity index (χ3v) is 4.61. The van der Waals surface area contributed by atoms with E-state index < -0.39 is 18.2 Å². The Hall–Kier alpha value is -3.15. The van der Waals surface area contributed by atoms with E-state index in [9.17, 15) is 14.4 Å². The Morgan fingerprint density at radius 2 is 1.53 bits per heavy atom. The minimum absolute atomic E-state index is 0.122. The molecule has 6 nitrogen and oxygen atoms in total. The van der Waals surface area contributed by atoms with Gasteiger partial charge in [0.25, 0.3) is 0 Å². The van der Waals surface area contributed by atoms with Gasteiger partial charge in [0.2, 0.25) is 5.91 Å². The van der Waals surface area contributed by atoms with Crippen LogP contribution in [0.5, 0.6) is 0 Å². The summed E-state index contributed by atoms with van der Waals surface area (Å²) in [6.45, 7) is 4.05. The maximum absolute atomic E-state index is 12.7. The van der Waals surface area contributed by atoms with E-state index >= 15 is 0 Å². The van der Waals surface area contributed by atoms with Crippen LogP contribution in [0.1, 0.15) is 37.8 Å². The molecule has 2 amide bonds. The molecule has 0 radical (unpaired) electrons. The van der Waals surface area contributed by atoms with Gasteiger partial charge in [0, 0.05) is 0 Å². The number of benzene rings is 2. The molecule has 0 saturated carbocycles. The lowest BCUT2D eigenvalue weighted by Crippen LogP contribution is -2.50. The van der Waals surface area contributed by atoms with E-state index in [4.69, 9.17) is 4.74 Å². The number of nitrogens with one attached hydrogen (secondary N) is 2. The van der Waals surface area contributed by atoms with Crippen LogP contribution < -0.4 is 10.6 Å². The highest BCUT2D eigenvalue weighted by molar-refractivity contribution is 5.87. The van der Waals surface area contributed by atoms with Crippen LogP contribution in [0.2, 0.25) is 0 Å². The van der Waals surface area contributed by atoms with Crippen molar-refractivity contribution in [2.45, 2.75) is 51.8 Å². The number of carbonyl (C=O) groups is 3. The third-order valence-electron chi connectivity index (χ3n) is 4.61. The highest BCUT2D eigenvalue weighted by Gasteiger charge is 2.24. The molecule has 0 spiro atoms. The monoisotopic (exact) mass is 410 g/mol. The number of aryl methyl sites for hydroxylation is 1. The van der Waals surface area contributed by atoms with Crippen molar-refractivity contribution in [3.05, 3.63) is 71.8 Å². The van der Waals surface area contributed by atoms with E-state index in [-0.39, 0.29) is 18.4 Å². The molecule has 30 heavy (non-hydrogen) atoms. The average Bonchev–Trinajstić information content (AvgIpc) is 2.75. The molecule has 0 aliphatic rings. The van der Waals surface area contributed by atoms with Crippen LogP contribution in [0.3, 0.4) is 0 Å². The van der Waals surface area contributed by atoms with E-state index in [2.05, 4.69) is 10.6 Å². The number of ether oxygens (including phenoxy) is 1. The lowest BCUT2D eigenvalue weighted by molar-refractivity contribution is -0.126. The topological polar surface area (TPSA) is 84.5 Å². The molecular formula is C24H30N2O4. The molecule has 0 aromatic heterocycles. The van der Waals surface area contributed by atoms with Crippen LogP contribution in [0.25, 0.3) is 0 Å².